The van der Waals surface area contributed by atoms with Crippen LogP contribution in [0.2, 0.25) is 4.34 Å². The molecule has 0 aliphatic heterocycles. The number of methoxy groups -OCH3 is 1. The molecule has 0 unspecified atom stereocenters. The molecule has 0 aliphatic carbocycles. The summed E-state index contributed by atoms with van der Waals surface area (Å²) < 4.78 is 11.7. The molecule has 9 heteroatoms. The zero-order chi connectivity index (χ0) is 16.2. The smallest absolute Gasteiger partial charge is 0.191 e. The van der Waals surface area contributed by atoms with Crippen molar-refractivity contribution in [1.82, 2.24) is 24.4 Å². The molecule has 2 aromatic heterocycles. The van der Waals surface area contributed by atoms with Gasteiger partial charge in [0.2, 0.25) is 0 Å². The molecule has 0 N–H and O–H groups in total. The van der Waals surface area contributed by atoms with E-state index < -0.39 is 0 Å². The Labute approximate surface area is 147 Å². The first-order valence-electron chi connectivity index (χ1n) is 6.90. The van der Waals surface area contributed by atoms with Crippen LogP contribution in [0.3, 0.4) is 0 Å². The lowest BCUT2D eigenvalue weighted by molar-refractivity contribution is 0.415. The van der Waals surface area contributed by atoms with E-state index in [9.17, 15) is 0 Å². The molecule has 2 heterocycles. The highest BCUT2D eigenvalue weighted by atomic mass is 35.5. The number of rotatable bonds is 6. The number of aromatic nitrogens is 5. The molecule has 0 fully saturated rings. The molecule has 0 atom stereocenters. The molecule has 3 aromatic rings. The molecule has 0 spiro atoms. The second-order valence-electron chi connectivity index (χ2n) is 4.56. The highest BCUT2D eigenvalue weighted by Crippen LogP contribution is 2.29. The van der Waals surface area contributed by atoms with Gasteiger partial charge in [-0.25, -0.2) is 0 Å². The van der Waals surface area contributed by atoms with Crippen molar-refractivity contribution in [1.29, 1.82) is 0 Å². The van der Waals surface area contributed by atoms with E-state index in [0.717, 1.165) is 34.5 Å². The predicted molar refractivity (Wildman–Crippen MR) is 92.2 cm³/mol. The Bertz CT molecular complexity index is 787. The Morgan fingerprint density at radius 3 is 2.61 bits per heavy atom. The van der Waals surface area contributed by atoms with Gasteiger partial charge >= 0.3 is 0 Å². The van der Waals surface area contributed by atoms with Gasteiger partial charge in [0.15, 0.2) is 11.0 Å². The first-order valence-corrected chi connectivity index (χ1v) is 9.03. The minimum Gasteiger partial charge on any atom is -0.497 e. The topological polar surface area (TPSA) is 65.7 Å². The van der Waals surface area contributed by atoms with Crippen LogP contribution < -0.4 is 4.74 Å². The van der Waals surface area contributed by atoms with Crippen molar-refractivity contribution in [3.63, 3.8) is 0 Å². The van der Waals surface area contributed by atoms with E-state index in [1.165, 1.54) is 11.5 Å². The van der Waals surface area contributed by atoms with E-state index in [-0.39, 0.29) is 0 Å². The van der Waals surface area contributed by atoms with Gasteiger partial charge in [0.25, 0.3) is 0 Å². The minimum atomic E-state index is 0.621. The molecule has 0 saturated carbocycles. The Morgan fingerprint density at radius 1 is 1.22 bits per heavy atom. The van der Waals surface area contributed by atoms with E-state index in [1.54, 1.807) is 18.9 Å². The van der Waals surface area contributed by atoms with Gasteiger partial charge in [0.05, 0.1) is 7.11 Å². The first-order chi connectivity index (χ1) is 11.2. The number of ether oxygens (including phenoxy) is 1. The molecule has 3 rings (SSSR count). The zero-order valence-electron chi connectivity index (χ0n) is 12.6. The van der Waals surface area contributed by atoms with Gasteiger partial charge in [-0.1, -0.05) is 27.9 Å². The average molecular weight is 368 g/mol. The van der Waals surface area contributed by atoms with Crippen LogP contribution in [-0.2, 0) is 12.3 Å². The second-order valence-corrected chi connectivity index (χ2v) is 6.86. The lowest BCUT2D eigenvalue weighted by Crippen LogP contribution is -2.00. The number of halogens is 1. The maximum atomic E-state index is 6.03. The van der Waals surface area contributed by atoms with E-state index in [2.05, 4.69) is 31.3 Å². The number of hydrogen-bond donors (Lipinski definition) is 0. The van der Waals surface area contributed by atoms with Crippen LogP contribution in [-0.4, -0.2) is 31.5 Å². The maximum Gasteiger partial charge on any atom is 0.191 e. The highest BCUT2D eigenvalue weighted by molar-refractivity contribution is 7.98. The van der Waals surface area contributed by atoms with Gasteiger partial charge < -0.3 is 9.30 Å². The van der Waals surface area contributed by atoms with Crippen LogP contribution in [0.15, 0.2) is 29.4 Å². The van der Waals surface area contributed by atoms with E-state index in [1.807, 2.05) is 24.3 Å². The monoisotopic (exact) mass is 367 g/mol. The van der Waals surface area contributed by atoms with Crippen molar-refractivity contribution >= 4 is 34.9 Å². The van der Waals surface area contributed by atoms with Crippen molar-refractivity contribution in [3.8, 4) is 17.1 Å². The summed E-state index contributed by atoms with van der Waals surface area (Å²) in [5.74, 6) is 2.27. The molecular weight excluding hydrogens is 354 g/mol. The van der Waals surface area contributed by atoms with Gasteiger partial charge in [-0.15, -0.1) is 15.3 Å². The molecule has 6 nitrogen and oxygen atoms in total. The largest absolute Gasteiger partial charge is 0.497 e. The van der Waals surface area contributed by atoms with Crippen molar-refractivity contribution in [2.24, 2.45) is 0 Å². The SMILES string of the molecule is CCn1c(SCc2nnsc2Cl)nnc1-c1ccc(OC)cc1. The standard InChI is InChI=1S/C14H14ClN5OS2/c1-3-20-13(9-4-6-10(21-2)7-5-9)17-18-14(20)22-8-11-12(15)23-19-16-11/h4-7H,3,8H2,1-2H3. The van der Waals surface area contributed by atoms with Gasteiger partial charge in [-0.3, -0.25) is 0 Å². The average Bonchev–Trinajstić information content (AvgIpc) is 3.18. The summed E-state index contributed by atoms with van der Waals surface area (Å²) in [6, 6.07) is 7.78. The van der Waals surface area contributed by atoms with Crippen LogP contribution in [0.5, 0.6) is 5.75 Å². The highest BCUT2D eigenvalue weighted by Gasteiger charge is 2.15. The number of hydrogen-bond acceptors (Lipinski definition) is 7. The molecule has 0 radical (unpaired) electrons. The summed E-state index contributed by atoms with van der Waals surface area (Å²) in [5.41, 5.74) is 1.78. The first kappa shape index (κ1) is 16.2. The third kappa shape index (κ3) is 3.49. The minimum absolute atomic E-state index is 0.621. The van der Waals surface area contributed by atoms with E-state index >= 15 is 0 Å². The van der Waals surface area contributed by atoms with Gasteiger partial charge in [0.1, 0.15) is 15.8 Å². The molecule has 23 heavy (non-hydrogen) atoms. The van der Waals surface area contributed by atoms with Crippen molar-refractivity contribution < 1.29 is 4.74 Å². The quantitative estimate of drug-likeness (QED) is 0.618. The third-order valence-corrected chi connectivity index (χ3v) is 5.19. The van der Waals surface area contributed by atoms with Crippen LogP contribution in [0.1, 0.15) is 12.6 Å². The fourth-order valence-corrected chi connectivity index (χ4v) is 3.79. The molecule has 0 bridgehead atoms. The lowest BCUT2D eigenvalue weighted by Gasteiger charge is -2.07. The summed E-state index contributed by atoms with van der Waals surface area (Å²) in [5, 5.41) is 13.5. The molecule has 0 amide bonds. The maximum absolute atomic E-state index is 6.03. The van der Waals surface area contributed by atoms with E-state index in [4.69, 9.17) is 16.3 Å². The fourth-order valence-electron chi connectivity index (χ4n) is 2.05. The zero-order valence-corrected chi connectivity index (χ0v) is 15.0. The molecule has 120 valence electrons. The summed E-state index contributed by atoms with van der Waals surface area (Å²) >= 11 is 8.78. The van der Waals surface area contributed by atoms with Crippen LogP contribution in [0, 0.1) is 0 Å². The van der Waals surface area contributed by atoms with Crippen LogP contribution in [0.25, 0.3) is 11.4 Å². The van der Waals surface area contributed by atoms with E-state index in [0.29, 0.717) is 10.1 Å². The summed E-state index contributed by atoms with van der Waals surface area (Å²) in [6.07, 6.45) is 0. The van der Waals surface area contributed by atoms with Gasteiger partial charge in [-0.05, 0) is 31.2 Å². The van der Waals surface area contributed by atoms with Crippen molar-refractivity contribution in [2.45, 2.75) is 24.4 Å². The lowest BCUT2D eigenvalue weighted by atomic mass is 10.2. The normalized spacial score (nSPS) is 10.9. The van der Waals surface area contributed by atoms with Crippen LogP contribution >= 0.6 is 34.9 Å². The Kier molecular flexibility index (Phi) is 5.14. The summed E-state index contributed by atoms with van der Waals surface area (Å²) in [6.45, 7) is 2.84. The van der Waals surface area contributed by atoms with Crippen molar-refractivity contribution in [3.05, 3.63) is 34.3 Å². The number of thioether (sulfide) groups is 1. The molecular formula is C14H14ClN5OS2. The van der Waals surface area contributed by atoms with Gasteiger partial charge in [-0.2, -0.15) is 0 Å². The summed E-state index contributed by atoms with van der Waals surface area (Å²) in [7, 11) is 1.65. The number of nitrogens with zero attached hydrogens (tertiary/aromatic N) is 5. The molecule has 0 aliphatic rings. The van der Waals surface area contributed by atoms with Crippen molar-refractivity contribution in [2.75, 3.05) is 7.11 Å². The van der Waals surface area contributed by atoms with Gasteiger partial charge in [0, 0.05) is 29.4 Å². The Balaban J connectivity index is 1.82. The fraction of sp³-hybridized carbons (Fsp3) is 0.286. The summed E-state index contributed by atoms with van der Waals surface area (Å²) in [4.78, 5) is 0. The van der Waals surface area contributed by atoms with Crippen LogP contribution in [0.4, 0.5) is 0 Å². The predicted octanol–water partition coefficient (Wildman–Crippen LogP) is 3.77. The number of benzene rings is 1. The Hall–Kier alpha value is -1.64. The second kappa shape index (κ2) is 7.29. The molecule has 1 aromatic carbocycles. The molecule has 0 saturated heterocycles. The third-order valence-electron chi connectivity index (χ3n) is 3.23. The Morgan fingerprint density at radius 2 is 2.00 bits per heavy atom.